The zero-order valence-electron chi connectivity index (χ0n) is 10.7. The summed E-state index contributed by atoms with van der Waals surface area (Å²) in [6.45, 7) is 0.332. The Hall–Kier alpha value is -1.65. The third kappa shape index (κ3) is 4.18. The largest absolute Gasteiger partial charge is 0.461 e. The number of carbonyl (C=O) groups is 1. The molecule has 2 aromatic carbocycles. The minimum atomic E-state index is -0.427. The summed E-state index contributed by atoms with van der Waals surface area (Å²) in [4.78, 5) is 13.0. The van der Waals surface area contributed by atoms with Gasteiger partial charge in [0.1, 0.15) is 6.61 Å². The third-order valence-corrected chi connectivity index (χ3v) is 3.83. The number of nitrogens with two attached hydrogens (primary N) is 1. The fraction of sp³-hybridized carbons (Fsp3) is 0.133. The number of hydrogen-bond donors (Lipinski definition) is 1. The molecule has 3 nitrogen and oxygen atoms in total. The molecule has 2 rings (SSSR count). The second-order valence-electron chi connectivity index (χ2n) is 4.04. The molecule has 104 valence electrons. The van der Waals surface area contributed by atoms with Crippen LogP contribution in [0.25, 0.3) is 0 Å². The van der Waals surface area contributed by atoms with Crippen LogP contribution in [0.3, 0.4) is 0 Å². The van der Waals surface area contributed by atoms with E-state index in [9.17, 15) is 4.79 Å². The van der Waals surface area contributed by atoms with Gasteiger partial charge in [0.2, 0.25) is 0 Å². The highest BCUT2D eigenvalue weighted by atomic mass is 35.5. The lowest BCUT2D eigenvalue weighted by molar-refractivity contribution is 0.0530. The number of nitrogen functional groups attached to an aromatic ring is 1. The van der Waals surface area contributed by atoms with Gasteiger partial charge in [-0.3, -0.25) is 0 Å². The van der Waals surface area contributed by atoms with Crippen LogP contribution in [0.2, 0.25) is 5.02 Å². The molecule has 0 spiro atoms. The number of rotatable bonds is 5. The predicted octanol–water partition coefficient (Wildman–Crippen LogP) is 3.87. The summed E-state index contributed by atoms with van der Waals surface area (Å²) in [6, 6.07) is 14.7. The summed E-state index contributed by atoms with van der Waals surface area (Å²) in [7, 11) is 0. The van der Waals surface area contributed by atoms with E-state index in [1.165, 1.54) is 6.07 Å². The molecule has 2 aromatic rings. The molecule has 0 aliphatic heterocycles. The highest BCUT2D eigenvalue weighted by Gasteiger charge is 2.11. The first kappa shape index (κ1) is 14.8. The summed E-state index contributed by atoms with van der Waals surface area (Å²) in [5.41, 5.74) is 6.43. The van der Waals surface area contributed by atoms with Crippen LogP contribution >= 0.6 is 23.4 Å². The topological polar surface area (TPSA) is 52.3 Å². The summed E-state index contributed by atoms with van der Waals surface area (Å²) in [6.07, 6.45) is 0. The van der Waals surface area contributed by atoms with Crippen molar-refractivity contribution in [2.75, 3.05) is 18.1 Å². The molecule has 0 heterocycles. The van der Waals surface area contributed by atoms with Crippen molar-refractivity contribution >= 4 is 35.0 Å². The molecule has 0 atom stereocenters. The molecule has 0 saturated carbocycles. The Kier molecular flexibility index (Phi) is 5.32. The smallest absolute Gasteiger partial charge is 0.339 e. The fourth-order valence-corrected chi connectivity index (χ4v) is 2.60. The minimum Gasteiger partial charge on any atom is -0.461 e. The van der Waals surface area contributed by atoms with Gasteiger partial charge in [-0.05, 0) is 30.3 Å². The number of anilines is 1. The van der Waals surface area contributed by atoms with Crippen molar-refractivity contribution in [2.24, 2.45) is 0 Å². The molecule has 0 aliphatic rings. The van der Waals surface area contributed by atoms with Crippen LogP contribution in [0.5, 0.6) is 0 Å². The molecule has 0 aliphatic carbocycles. The van der Waals surface area contributed by atoms with Crippen LogP contribution < -0.4 is 5.73 Å². The van der Waals surface area contributed by atoms with Crippen LogP contribution in [0.15, 0.2) is 53.4 Å². The van der Waals surface area contributed by atoms with E-state index in [0.29, 0.717) is 28.6 Å². The SMILES string of the molecule is Nc1ccc(C(=O)OCCSc2ccccc2)c(Cl)c1. The molecule has 0 radical (unpaired) electrons. The Morgan fingerprint density at radius 1 is 1.20 bits per heavy atom. The Balaban J connectivity index is 1.80. The molecular formula is C15H14ClNO2S. The van der Waals surface area contributed by atoms with Crippen molar-refractivity contribution in [2.45, 2.75) is 4.90 Å². The first-order chi connectivity index (χ1) is 9.66. The average Bonchev–Trinajstić information content (AvgIpc) is 2.44. The van der Waals surface area contributed by atoms with Gasteiger partial charge >= 0.3 is 5.97 Å². The van der Waals surface area contributed by atoms with Crippen molar-refractivity contribution in [3.8, 4) is 0 Å². The van der Waals surface area contributed by atoms with Crippen LogP contribution in [0, 0.1) is 0 Å². The summed E-state index contributed by atoms with van der Waals surface area (Å²) < 4.78 is 5.19. The van der Waals surface area contributed by atoms with E-state index in [1.54, 1.807) is 23.9 Å². The van der Waals surface area contributed by atoms with Crippen LogP contribution in [-0.4, -0.2) is 18.3 Å². The Morgan fingerprint density at radius 2 is 1.95 bits per heavy atom. The summed E-state index contributed by atoms with van der Waals surface area (Å²) in [5.74, 6) is 0.270. The lowest BCUT2D eigenvalue weighted by Crippen LogP contribution is -2.08. The van der Waals surface area contributed by atoms with Gasteiger partial charge in [0.05, 0.1) is 10.6 Å². The van der Waals surface area contributed by atoms with Gasteiger partial charge in [-0.1, -0.05) is 29.8 Å². The molecule has 0 unspecified atom stereocenters. The average molecular weight is 308 g/mol. The van der Waals surface area contributed by atoms with Gasteiger partial charge in [0.15, 0.2) is 0 Å². The van der Waals surface area contributed by atoms with E-state index in [4.69, 9.17) is 22.1 Å². The van der Waals surface area contributed by atoms with Gasteiger partial charge in [-0.25, -0.2) is 4.79 Å². The Bertz CT molecular complexity index is 590. The number of thioether (sulfide) groups is 1. The Morgan fingerprint density at radius 3 is 2.65 bits per heavy atom. The highest BCUT2D eigenvalue weighted by Crippen LogP contribution is 2.20. The monoisotopic (exact) mass is 307 g/mol. The summed E-state index contributed by atoms with van der Waals surface area (Å²) >= 11 is 7.58. The standard InChI is InChI=1S/C15H14ClNO2S/c16-14-10-11(17)6-7-13(14)15(18)19-8-9-20-12-4-2-1-3-5-12/h1-7,10H,8-9,17H2. The Labute approximate surface area is 127 Å². The van der Waals surface area contributed by atoms with Crippen LogP contribution in [0.1, 0.15) is 10.4 Å². The second kappa shape index (κ2) is 7.22. The van der Waals surface area contributed by atoms with Gasteiger partial charge in [0, 0.05) is 16.3 Å². The van der Waals surface area contributed by atoms with Crippen molar-refractivity contribution in [1.29, 1.82) is 0 Å². The molecule has 0 aromatic heterocycles. The van der Waals surface area contributed by atoms with E-state index in [0.717, 1.165) is 4.90 Å². The molecule has 5 heteroatoms. The van der Waals surface area contributed by atoms with Crippen LogP contribution in [-0.2, 0) is 4.74 Å². The third-order valence-electron chi connectivity index (χ3n) is 2.54. The van der Waals surface area contributed by atoms with E-state index >= 15 is 0 Å². The van der Waals surface area contributed by atoms with Gasteiger partial charge in [-0.15, -0.1) is 11.8 Å². The number of esters is 1. The maximum absolute atomic E-state index is 11.8. The van der Waals surface area contributed by atoms with Gasteiger partial charge in [0.25, 0.3) is 0 Å². The first-order valence-electron chi connectivity index (χ1n) is 6.07. The number of benzene rings is 2. The number of ether oxygens (including phenoxy) is 1. The van der Waals surface area contributed by atoms with Crippen LogP contribution in [0.4, 0.5) is 5.69 Å². The van der Waals surface area contributed by atoms with E-state index in [1.807, 2.05) is 30.3 Å². The molecule has 0 bridgehead atoms. The quantitative estimate of drug-likeness (QED) is 0.394. The molecule has 0 saturated heterocycles. The zero-order valence-corrected chi connectivity index (χ0v) is 12.3. The molecule has 2 N–H and O–H groups in total. The fourth-order valence-electron chi connectivity index (χ4n) is 1.59. The second-order valence-corrected chi connectivity index (χ2v) is 5.61. The lowest BCUT2D eigenvalue weighted by atomic mass is 10.2. The molecule has 20 heavy (non-hydrogen) atoms. The number of carbonyl (C=O) groups excluding carboxylic acids is 1. The molecular weight excluding hydrogens is 294 g/mol. The number of halogens is 1. The highest BCUT2D eigenvalue weighted by molar-refractivity contribution is 7.99. The van der Waals surface area contributed by atoms with Gasteiger partial charge in [-0.2, -0.15) is 0 Å². The van der Waals surface area contributed by atoms with Crippen molar-refractivity contribution in [1.82, 2.24) is 0 Å². The van der Waals surface area contributed by atoms with Gasteiger partial charge < -0.3 is 10.5 Å². The van der Waals surface area contributed by atoms with E-state index < -0.39 is 5.97 Å². The van der Waals surface area contributed by atoms with Crippen molar-refractivity contribution < 1.29 is 9.53 Å². The first-order valence-corrected chi connectivity index (χ1v) is 7.43. The lowest BCUT2D eigenvalue weighted by Gasteiger charge is -2.06. The minimum absolute atomic E-state index is 0.311. The molecule has 0 fully saturated rings. The predicted molar refractivity (Wildman–Crippen MR) is 83.3 cm³/mol. The van der Waals surface area contributed by atoms with Crippen molar-refractivity contribution in [3.05, 3.63) is 59.1 Å². The van der Waals surface area contributed by atoms with E-state index in [2.05, 4.69) is 0 Å². The van der Waals surface area contributed by atoms with E-state index in [-0.39, 0.29) is 0 Å². The zero-order chi connectivity index (χ0) is 14.4. The number of hydrogen-bond acceptors (Lipinski definition) is 4. The summed E-state index contributed by atoms with van der Waals surface area (Å²) in [5, 5.41) is 0.311. The maximum Gasteiger partial charge on any atom is 0.339 e. The normalized spacial score (nSPS) is 10.2. The molecule has 0 amide bonds. The van der Waals surface area contributed by atoms with Crippen molar-refractivity contribution in [3.63, 3.8) is 0 Å². The maximum atomic E-state index is 11.8.